The van der Waals surface area contributed by atoms with Crippen molar-refractivity contribution in [3.63, 3.8) is 0 Å². The summed E-state index contributed by atoms with van der Waals surface area (Å²) >= 11 is 0. The molecule has 1 aromatic heterocycles. The van der Waals surface area contributed by atoms with E-state index in [1.54, 1.807) is 6.08 Å². The van der Waals surface area contributed by atoms with E-state index in [9.17, 15) is 9.59 Å². The number of furan rings is 1. The number of benzene rings is 1. The molecule has 2 aromatic rings. The number of likely N-dealkylation sites (N-methyl/N-ethyl adjacent to an activating group) is 1. The van der Waals surface area contributed by atoms with E-state index in [2.05, 4.69) is 5.32 Å². The zero-order valence-corrected chi connectivity index (χ0v) is 14.6. The fourth-order valence-corrected chi connectivity index (χ4v) is 2.32. The highest BCUT2D eigenvalue weighted by atomic mass is 16.3. The Bertz CT molecular complexity index is 720. The van der Waals surface area contributed by atoms with Gasteiger partial charge in [0.25, 0.3) is 0 Å². The van der Waals surface area contributed by atoms with Crippen LogP contribution in [0.4, 0.5) is 0 Å². The highest BCUT2D eigenvalue weighted by Gasteiger charge is 2.18. The van der Waals surface area contributed by atoms with Gasteiger partial charge in [0.1, 0.15) is 11.3 Å². The Morgan fingerprint density at radius 3 is 2.58 bits per heavy atom. The van der Waals surface area contributed by atoms with Gasteiger partial charge in [-0.25, -0.2) is 0 Å². The van der Waals surface area contributed by atoms with Crippen molar-refractivity contribution in [2.75, 3.05) is 13.1 Å². The third-order valence-electron chi connectivity index (χ3n) is 3.38. The summed E-state index contributed by atoms with van der Waals surface area (Å²) in [6.45, 7) is 8.06. The number of amides is 2. The third kappa shape index (κ3) is 4.98. The summed E-state index contributed by atoms with van der Waals surface area (Å²) in [5, 5.41) is 3.84. The number of carbonyl (C=O) groups excluding carboxylic acids is 2. The molecule has 128 valence electrons. The molecule has 0 aliphatic rings. The van der Waals surface area contributed by atoms with E-state index in [0.717, 1.165) is 11.0 Å². The molecule has 0 aliphatic carbocycles. The van der Waals surface area contributed by atoms with Crippen LogP contribution in [0.15, 0.2) is 40.8 Å². The minimum Gasteiger partial charge on any atom is -0.457 e. The van der Waals surface area contributed by atoms with Crippen LogP contribution in [0.3, 0.4) is 0 Å². The van der Waals surface area contributed by atoms with Crippen LogP contribution in [0.2, 0.25) is 0 Å². The Hall–Kier alpha value is -2.56. The minimum absolute atomic E-state index is 0.0388. The fourth-order valence-electron chi connectivity index (χ4n) is 2.32. The number of fused-ring (bicyclic) bond motifs is 1. The van der Waals surface area contributed by atoms with Crippen LogP contribution in [0.5, 0.6) is 0 Å². The molecule has 0 saturated heterocycles. The van der Waals surface area contributed by atoms with Crippen molar-refractivity contribution in [1.82, 2.24) is 10.2 Å². The Kier molecular flexibility index (Phi) is 5.44. The summed E-state index contributed by atoms with van der Waals surface area (Å²) in [7, 11) is 0. The normalized spacial score (nSPS) is 11.8. The molecule has 0 unspecified atom stereocenters. The smallest absolute Gasteiger partial charge is 0.247 e. The molecule has 0 atom stereocenters. The van der Waals surface area contributed by atoms with Gasteiger partial charge in [0, 0.05) is 23.5 Å². The summed E-state index contributed by atoms with van der Waals surface area (Å²) in [5.41, 5.74) is 0.463. The van der Waals surface area contributed by atoms with Crippen LogP contribution in [-0.4, -0.2) is 35.3 Å². The Balaban J connectivity index is 2.01. The summed E-state index contributed by atoms with van der Waals surface area (Å²) in [6.07, 6.45) is 3.07. The van der Waals surface area contributed by atoms with Crippen LogP contribution < -0.4 is 5.32 Å². The summed E-state index contributed by atoms with van der Waals surface area (Å²) in [4.78, 5) is 25.7. The van der Waals surface area contributed by atoms with Crippen molar-refractivity contribution in [3.8, 4) is 0 Å². The van der Waals surface area contributed by atoms with Gasteiger partial charge in [0.05, 0.1) is 6.54 Å². The maximum Gasteiger partial charge on any atom is 0.247 e. The lowest BCUT2D eigenvalue weighted by atomic mass is 10.1. The summed E-state index contributed by atoms with van der Waals surface area (Å²) in [6, 6.07) is 9.54. The molecule has 0 fully saturated rings. The average molecular weight is 328 g/mol. The first kappa shape index (κ1) is 17.8. The molecule has 24 heavy (non-hydrogen) atoms. The van der Waals surface area contributed by atoms with Crippen LogP contribution in [0.25, 0.3) is 17.0 Å². The third-order valence-corrected chi connectivity index (χ3v) is 3.38. The molecule has 2 amide bonds. The van der Waals surface area contributed by atoms with Gasteiger partial charge < -0.3 is 14.6 Å². The van der Waals surface area contributed by atoms with E-state index >= 15 is 0 Å². The van der Waals surface area contributed by atoms with Gasteiger partial charge in [-0.15, -0.1) is 0 Å². The average Bonchev–Trinajstić information content (AvgIpc) is 2.91. The predicted molar refractivity (Wildman–Crippen MR) is 95.4 cm³/mol. The first-order valence-electron chi connectivity index (χ1n) is 8.05. The first-order valence-corrected chi connectivity index (χ1v) is 8.05. The lowest BCUT2D eigenvalue weighted by Gasteiger charge is -2.24. The molecule has 2 rings (SSSR count). The topological polar surface area (TPSA) is 62.6 Å². The van der Waals surface area contributed by atoms with E-state index in [1.807, 2.05) is 58.0 Å². The predicted octanol–water partition coefficient (Wildman–Crippen LogP) is 3.21. The van der Waals surface area contributed by atoms with E-state index in [0.29, 0.717) is 12.3 Å². The summed E-state index contributed by atoms with van der Waals surface area (Å²) in [5.74, 6) is 0.219. The first-order chi connectivity index (χ1) is 11.3. The number of nitrogens with one attached hydrogen (secondary N) is 1. The number of rotatable bonds is 5. The van der Waals surface area contributed by atoms with Crippen molar-refractivity contribution in [1.29, 1.82) is 0 Å². The molecule has 5 heteroatoms. The molecule has 1 aromatic carbocycles. The molecular formula is C19H24N2O3. The second kappa shape index (κ2) is 7.34. The SMILES string of the molecule is CCN(CC(=O)NC(C)(C)C)C(=O)/C=C/c1cc2ccccc2o1. The Morgan fingerprint density at radius 2 is 1.96 bits per heavy atom. The number of para-hydroxylation sites is 1. The molecule has 0 bridgehead atoms. The van der Waals surface area contributed by atoms with E-state index in [4.69, 9.17) is 4.42 Å². The Labute approximate surface area is 142 Å². The highest BCUT2D eigenvalue weighted by molar-refractivity contribution is 5.94. The maximum atomic E-state index is 12.3. The van der Waals surface area contributed by atoms with E-state index < -0.39 is 0 Å². The number of nitrogens with zero attached hydrogens (tertiary/aromatic N) is 1. The van der Waals surface area contributed by atoms with Crippen LogP contribution in [0, 0.1) is 0 Å². The lowest BCUT2D eigenvalue weighted by molar-refractivity contribution is -0.132. The molecule has 1 N–H and O–H groups in total. The van der Waals surface area contributed by atoms with Gasteiger partial charge in [0.2, 0.25) is 11.8 Å². The van der Waals surface area contributed by atoms with Crippen molar-refractivity contribution in [2.24, 2.45) is 0 Å². The zero-order valence-electron chi connectivity index (χ0n) is 14.6. The van der Waals surface area contributed by atoms with Crippen molar-refractivity contribution in [2.45, 2.75) is 33.2 Å². The number of hydrogen-bond acceptors (Lipinski definition) is 3. The lowest BCUT2D eigenvalue weighted by Crippen LogP contribution is -2.47. The van der Waals surface area contributed by atoms with Crippen LogP contribution in [-0.2, 0) is 9.59 Å². The quantitative estimate of drug-likeness (QED) is 0.857. The van der Waals surface area contributed by atoms with Gasteiger partial charge in [0.15, 0.2) is 0 Å². The van der Waals surface area contributed by atoms with Crippen LogP contribution in [0.1, 0.15) is 33.5 Å². The number of carbonyl (C=O) groups is 2. The van der Waals surface area contributed by atoms with E-state index in [-0.39, 0.29) is 23.9 Å². The molecule has 5 nitrogen and oxygen atoms in total. The van der Waals surface area contributed by atoms with Gasteiger partial charge >= 0.3 is 0 Å². The summed E-state index contributed by atoms with van der Waals surface area (Å²) < 4.78 is 5.64. The molecular weight excluding hydrogens is 304 g/mol. The van der Waals surface area contributed by atoms with Crippen molar-refractivity contribution >= 4 is 28.9 Å². The molecule has 1 heterocycles. The fraction of sp³-hybridized carbons (Fsp3) is 0.368. The molecule has 0 saturated carbocycles. The standard InChI is InChI=1S/C19H24N2O3/c1-5-21(13-17(22)20-19(2,3)4)18(23)11-10-15-12-14-8-6-7-9-16(14)24-15/h6-12H,5,13H2,1-4H3,(H,20,22)/b11-10+. The van der Waals surface area contributed by atoms with Gasteiger partial charge in [-0.2, -0.15) is 0 Å². The number of hydrogen-bond donors (Lipinski definition) is 1. The second-order valence-electron chi connectivity index (χ2n) is 6.67. The van der Waals surface area contributed by atoms with Gasteiger partial charge in [-0.05, 0) is 45.9 Å². The maximum absolute atomic E-state index is 12.3. The second-order valence-corrected chi connectivity index (χ2v) is 6.67. The largest absolute Gasteiger partial charge is 0.457 e. The van der Waals surface area contributed by atoms with Crippen LogP contribution >= 0.6 is 0 Å². The van der Waals surface area contributed by atoms with Crippen molar-refractivity contribution in [3.05, 3.63) is 42.2 Å². The molecule has 0 spiro atoms. The molecule has 0 radical (unpaired) electrons. The zero-order chi connectivity index (χ0) is 17.7. The van der Waals surface area contributed by atoms with E-state index in [1.165, 1.54) is 11.0 Å². The highest BCUT2D eigenvalue weighted by Crippen LogP contribution is 2.19. The monoisotopic (exact) mass is 328 g/mol. The van der Waals surface area contributed by atoms with Gasteiger partial charge in [-0.1, -0.05) is 18.2 Å². The minimum atomic E-state index is -0.316. The van der Waals surface area contributed by atoms with Gasteiger partial charge in [-0.3, -0.25) is 9.59 Å². The van der Waals surface area contributed by atoms with Crippen molar-refractivity contribution < 1.29 is 14.0 Å². The molecule has 0 aliphatic heterocycles. The Morgan fingerprint density at radius 1 is 1.25 bits per heavy atom.